The van der Waals surface area contributed by atoms with E-state index in [0.29, 0.717) is 5.39 Å². The summed E-state index contributed by atoms with van der Waals surface area (Å²) in [5.41, 5.74) is 6.95. The number of rotatable bonds is 0. The average Bonchev–Trinajstić information content (AvgIpc) is 2.49. The molecule has 0 saturated carbocycles. The number of anilines is 1. The van der Waals surface area contributed by atoms with Gasteiger partial charge in [-0.3, -0.25) is 4.79 Å². The summed E-state index contributed by atoms with van der Waals surface area (Å²) in [4.78, 5) is 12.5. The molecule has 0 bridgehead atoms. The zero-order chi connectivity index (χ0) is 14.6. The molecule has 3 aromatic carbocycles. The molecule has 0 radical (unpaired) electrons. The van der Waals surface area contributed by atoms with E-state index in [1.807, 2.05) is 29.8 Å². The van der Waals surface area contributed by atoms with Gasteiger partial charge in [0.25, 0.3) is 0 Å². The molecule has 0 aliphatic carbocycles. The molecule has 1 aromatic heterocycles. The number of nitrogens with zero attached hydrogens (tertiary/aromatic N) is 1. The Hall–Kier alpha value is -2.81. The van der Waals surface area contributed by atoms with E-state index in [-0.39, 0.29) is 11.1 Å². The Kier molecular flexibility index (Phi) is 2.33. The van der Waals surface area contributed by atoms with Gasteiger partial charge in [-0.2, -0.15) is 0 Å². The van der Waals surface area contributed by atoms with Gasteiger partial charge >= 0.3 is 0 Å². The highest BCUT2D eigenvalue weighted by Crippen LogP contribution is 2.28. The molecular weight excluding hydrogens is 260 g/mol. The molecule has 4 rings (SSSR count). The van der Waals surface area contributed by atoms with Crippen molar-refractivity contribution in [2.75, 3.05) is 5.73 Å². The molecule has 0 amide bonds. The lowest BCUT2D eigenvalue weighted by molar-refractivity contribution is 0.954. The smallest absolute Gasteiger partial charge is 0.212 e. The fraction of sp³-hybridized carbons (Fsp3) is 0.0556. The van der Waals surface area contributed by atoms with Crippen molar-refractivity contribution in [2.45, 2.75) is 0 Å². The highest BCUT2D eigenvalue weighted by molar-refractivity contribution is 6.11. The van der Waals surface area contributed by atoms with Gasteiger partial charge in [0.15, 0.2) is 0 Å². The second kappa shape index (κ2) is 4.09. The van der Waals surface area contributed by atoms with Crippen LogP contribution in [0.2, 0.25) is 0 Å². The van der Waals surface area contributed by atoms with Crippen LogP contribution in [0.25, 0.3) is 32.4 Å². The number of pyridine rings is 1. The van der Waals surface area contributed by atoms with E-state index in [0.717, 1.165) is 21.7 Å². The van der Waals surface area contributed by atoms with Crippen LogP contribution < -0.4 is 11.2 Å². The van der Waals surface area contributed by atoms with Crippen molar-refractivity contribution in [2.24, 2.45) is 7.05 Å². The van der Waals surface area contributed by atoms with Crippen LogP contribution >= 0.6 is 0 Å². The third kappa shape index (κ3) is 1.64. The number of aromatic nitrogens is 1. The van der Waals surface area contributed by atoms with Crippen molar-refractivity contribution in [1.82, 2.24) is 4.57 Å². The molecule has 0 aliphatic heterocycles. The number of nitrogen functional groups attached to an aromatic ring is 1. The quantitative estimate of drug-likeness (QED) is 0.394. The van der Waals surface area contributed by atoms with E-state index in [9.17, 15) is 4.79 Å². The molecule has 0 fully saturated rings. The van der Waals surface area contributed by atoms with Gasteiger partial charge < -0.3 is 10.3 Å². The molecule has 1 heterocycles. The molecule has 102 valence electrons. The largest absolute Gasteiger partial charge is 0.394 e. The normalized spacial score (nSPS) is 11.5. The van der Waals surface area contributed by atoms with Crippen molar-refractivity contribution >= 4 is 38.1 Å². The third-order valence-corrected chi connectivity index (χ3v) is 4.07. The second-order valence-electron chi connectivity index (χ2n) is 5.40. The molecular formula is C18H14N2O. The van der Waals surface area contributed by atoms with E-state index in [1.165, 1.54) is 5.39 Å². The average molecular weight is 274 g/mol. The zero-order valence-corrected chi connectivity index (χ0v) is 11.6. The van der Waals surface area contributed by atoms with Crippen molar-refractivity contribution < 1.29 is 0 Å². The lowest BCUT2D eigenvalue weighted by atomic mass is 10.00. The minimum absolute atomic E-state index is 0.0935. The minimum Gasteiger partial charge on any atom is -0.394 e. The number of nitrogens with two attached hydrogens (primary N) is 1. The Bertz CT molecular complexity index is 1080. The van der Waals surface area contributed by atoms with Gasteiger partial charge in [0.05, 0.1) is 16.6 Å². The maximum atomic E-state index is 12.5. The van der Waals surface area contributed by atoms with Gasteiger partial charge in [-0.05, 0) is 39.7 Å². The summed E-state index contributed by atoms with van der Waals surface area (Å²) in [6.45, 7) is 0. The Balaban J connectivity index is 2.33. The van der Waals surface area contributed by atoms with E-state index in [2.05, 4.69) is 30.3 Å². The third-order valence-electron chi connectivity index (χ3n) is 4.07. The highest BCUT2D eigenvalue weighted by atomic mass is 16.1. The van der Waals surface area contributed by atoms with Crippen LogP contribution in [0, 0.1) is 0 Å². The predicted molar refractivity (Wildman–Crippen MR) is 88.6 cm³/mol. The molecule has 21 heavy (non-hydrogen) atoms. The minimum atomic E-state index is -0.0935. The fourth-order valence-electron chi connectivity index (χ4n) is 3.02. The molecule has 4 aromatic rings. The molecule has 3 nitrogen and oxygen atoms in total. The van der Waals surface area contributed by atoms with Gasteiger partial charge in [-0.1, -0.05) is 30.3 Å². The fourth-order valence-corrected chi connectivity index (χ4v) is 3.02. The summed E-state index contributed by atoms with van der Waals surface area (Å²) in [5, 5.41) is 5.01. The van der Waals surface area contributed by atoms with Crippen LogP contribution in [0.1, 0.15) is 0 Å². The van der Waals surface area contributed by atoms with E-state index in [4.69, 9.17) is 5.73 Å². The first-order valence-corrected chi connectivity index (χ1v) is 6.85. The number of aryl methyl sites for hydroxylation is 1. The van der Waals surface area contributed by atoms with Crippen molar-refractivity contribution in [3.63, 3.8) is 0 Å². The van der Waals surface area contributed by atoms with Gasteiger partial charge in [0.1, 0.15) is 0 Å². The van der Waals surface area contributed by atoms with Crippen molar-refractivity contribution in [3.05, 3.63) is 65.0 Å². The van der Waals surface area contributed by atoms with Crippen LogP contribution in [0.15, 0.2) is 59.5 Å². The van der Waals surface area contributed by atoms with E-state index >= 15 is 0 Å². The van der Waals surface area contributed by atoms with Crippen LogP contribution in [-0.2, 0) is 7.05 Å². The zero-order valence-electron chi connectivity index (χ0n) is 11.6. The Morgan fingerprint density at radius 1 is 0.952 bits per heavy atom. The summed E-state index contributed by atoms with van der Waals surface area (Å²) in [6, 6.07) is 16.4. The predicted octanol–water partition coefficient (Wildman–Crippen LogP) is 3.43. The molecule has 0 aliphatic rings. The van der Waals surface area contributed by atoms with E-state index < -0.39 is 0 Å². The summed E-state index contributed by atoms with van der Waals surface area (Å²) in [5.74, 6) is 0. The number of hydrogen-bond donors (Lipinski definition) is 1. The molecule has 0 saturated heterocycles. The van der Waals surface area contributed by atoms with Crippen LogP contribution in [0.5, 0.6) is 0 Å². The van der Waals surface area contributed by atoms with Gasteiger partial charge in [-0.25, -0.2) is 0 Å². The Morgan fingerprint density at radius 3 is 2.43 bits per heavy atom. The van der Waals surface area contributed by atoms with E-state index in [1.54, 1.807) is 6.20 Å². The van der Waals surface area contributed by atoms with Crippen molar-refractivity contribution in [3.8, 4) is 0 Å². The first-order valence-electron chi connectivity index (χ1n) is 6.85. The van der Waals surface area contributed by atoms with Crippen molar-refractivity contribution in [1.29, 1.82) is 0 Å². The number of benzene rings is 3. The lowest BCUT2D eigenvalue weighted by Gasteiger charge is -2.10. The first kappa shape index (κ1) is 12.0. The highest BCUT2D eigenvalue weighted by Gasteiger charge is 2.09. The molecule has 0 spiro atoms. The van der Waals surface area contributed by atoms with Gasteiger partial charge in [-0.15, -0.1) is 0 Å². The first-order chi connectivity index (χ1) is 10.1. The van der Waals surface area contributed by atoms with Gasteiger partial charge in [0, 0.05) is 13.2 Å². The second-order valence-corrected chi connectivity index (χ2v) is 5.40. The van der Waals surface area contributed by atoms with Crippen LogP contribution in [-0.4, -0.2) is 4.57 Å². The topological polar surface area (TPSA) is 48.0 Å². The Labute approximate surface area is 121 Å². The maximum absolute atomic E-state index is 12.5. The SMILES string of the molecule is Cn1cc(N)c(=O)c2c3cc4ccccc4cc3ccc21. The summed E-state index contributed by atoms with van der Waals surface area (Å²) >= 11 is 0. The standard InChI is InChI=1S/C18H14N2O/c1-20-10-15(19)18(21)17-14-9-12-5-3-2-4-11(12)8-13(14)6-7-16(17)20/h2-10H,19H2,1H3. The lowest BCUT2D eigenvalue weighted by Crippen LogP contribution is -2.12. The number of hydrogen-bond acceptors (Lipinski definition) is 2. The molecule has 2 N–H and O–H groups in total. The summed E-state index contributed by atoms with van der Waals surface area (Å²) in [7, 11) is 1.91. The molecule has 3 heteroatoms. The summed E-state index contributed by atoms with van der Waals surface area (Å²) in [6.07, 6.45) is 1.68. The molecule has 0 unspecified atom stereocenters. The summed E-state index contributed by atoms with van der Waals surface area (Å²) < 4.78 is 1.90. The van der Waals surface area contributed by atoms with Crippen LogP contribution in [0.3, 0.4) is 0 Å². The van der Waals surface area contributed by atoms with Gasteiger partial charge in [0.2, 0.25) is 5.43 Å². The van der Waals surface area contributed by atoms with Crippen LogP contribution in [0.4, 0.5) is 5.69 Å². The number of fused-ring (bicyclic) bond motifs is 4. The maximum Gasteiger partial charge on any atom is 0.212 e. The molecule has 0 atom stereocenters. The Morgan fingerprint density at radius 2 is 1.67 bits per heavy atom. The monoisotopic (exact) mass is 274 g/mol.